The summed E-state index contributed by atoms with van der Waals surface area (Å²) >= 11 is 3.09. The van der Waals surface area contributed by atoms with Gasteiger partial charge in [0.2, 0.25) is 0 Å². The van der Waals surface area contributed by atoms with Crippen molar-refractivity contribution in [2.24, 2.45) is 0 Å². The third-order valence-electron chi connectivity index (χ3n) is 2.96. The first-order valence-corrected chi connectivity index (χ1v) is 7.20. The smallest absolute Gasteiger partial charge is 0.339 e. The minimum atomic E-state index is -0.862. The molecule has 0 heterocycles. The highest BCUT2D eigenvalue weighted by atomic mass is 79.9. The molecule has 0 bridgehead atoms. The lowest BCUT2D eigenvalue weighted by Gasteiger charge is -2.07. The van der Waals surface area contributed by atoms with Crippen LogP contribution < -0.4 is 4.74 Å². The molecule has 0 unspecified atom stereocenters. The highest BCUT2D eigenvalue weighted by Gasteiger charge is 2.16. The van der Waals surface area contributed by atoms with Gasteiger partial charge in [0.1, 0.15) is 5.82 Å². The maximum absolute atomic E-state index is 13.5. The van der Waals surface area contributed by atoms with Crippen molar-refractivity contribution in [1.29, 1.82) is 0 Å². The third kappa shape index (κ3) is 4.13. The SMILES string of the molecule is COc1ccc(C(=O)COC(=O)c2cc(F)ccc2Br)cc1F. The average molecular weight is 385 g/mol. The van der Waals surface area contributed by atoms with Crippen molar-refractivity contribution in [1.82, 2.24) is 0 Å². The van der Waals surface area contributed by atoms with Gasteiger partial charge in [0, 0.05) is 10.0 Å². The number of hydrogen-bond donors (Lipinski definition) is 0. The molecule has 0 aliphatic carbocycles. The number of carbonyl (C=O) groups is 2. The van der Waals surface area contributed by atoms with Crippen LogP contribution in [0.2, 0.25) is 0 Å². The lowest BCUT2D eigenvalue weighted by atomic mass is 10.1. The zero-order chi connectivity index (χ0) is 17.0. The van der Waals surface area contributed by atoms with Crippen LogP contribution in [0, 0.1) is 11.6 Å². The maximum atomic E-state index is 13.5. The van der Waals surface area contributed by atoms with E-state index in [1.165, 1.54) is 31.4 Å². The Morgan fingerprint density at radius 1 is 1.13 bits per heavy atom. The molecule has 7 heteroatoms. The maximum Gasteiger partial charge on any atom is 0.339 e. The fourth-order valence-electron chi connectivity index (χ4n) is 1.79. The number of Topliss-reactive ketones (excluding diaryl/α,β-unsaturated/α-hetero) is 1. The van der Waals surface area contributed by atoms with Crippen molar-refractivity contribution in [3.8, 4) is 5.75 Å². The van der Waals surface area contributed by atoms with Gasteiger partial charge in [0.25, 0.3) is 0 Å². The fraction of sp³-hybridized carbons (Fsp3) is 0.125. The molecule has 0 radical (unpaired) electrons. The van der Waals surface area contributed by atoms with Crippen LogP contribution in [-0.2, 0) is 4.74 Å². The zero-order valence-electron chi connectivity index (χ0n) is 11.9. The Balaban J connectivity index is 2.05. The first-order chi connectivity index (χ1) is 10.9. The van der Waals surface area contributed by atoms with E-state index in [1.54, 1.807) is 0 Å². The number of halogens is 3. The fourth-order valence-corrected chi connectivity index (χ4v) is 2.19. The van der Waals surface area contributed by atoms with Crippen LogP contribution in [0.25, 0.3) is 0 Å². The molecule has 0 atom stereocenters. The molecule has 0 saturated carbocycles. The lowest BCUT2D eigenvalue weighted by Crippen LogP contribution is -2.15. The molecule has 2 aromatic rings. The Labute approximate surface area is 139 Å². The van der Waals surface area contributed by atoms with Crippen molar-refractivity contribution in [2.45, 2.75) is 0 Å². The highest BCUT2D eigenvalue weighted by molar-refractivity contribution is 9.10. The lowest BCUT2D eigenvalue weighted by molar-refractivity contribution is 0.0473. The first kappa shape index (κ1) is 17.1. The number of carbonyl (C=O) groups excluding carboxylic acids is 2. The summed E-state index contributed by atoms with van der Waals surface area (Å²) in [7, 11) is 1.30. The van der Waals surface area contributed by atoms with Gasteiger partial charge in [-0.05, 0) is 52.3 Å². The number of ether oxygens (including phenoxy) is 2. The van der Waals surface area contributed by atoms with Crippen molar-refractivity contribution >= 4 is 27.7 Å². The van der Waals surface area contributed by atoms with Gasteiger partial charge in [-0.3, -0.25) is 4.79 Å². The van der Waals surface area contributed by atoms with Crippen molar-refractivity contribution < 1.29 is 27.8 Å². The largest absolute Gasteiger partial charge is 0.494 e. The van der Waals surface area contributed by atoms with Crippen LogP contribution in [0.1, 0.15) is 20.7 Å². The van der Waals surface area contributed by atoms with Crippen LogP contribution in [0.15, 0.2) is 40.9 Å². The Hall–Kier alpha value is -2.28. The van der Waals surface area contributed by atoms with Crippen LogP contribution in [-0.4, -0.2) is 25.5 Å². The van der Waals surface area contributed by atoms with Crippen molar-refractivity contribution in [3.05, 3.63) is 63.6 Å². The van der Waals surface area contributed by atoms with E-state index in [1.807, 2.05) is 0 Å². The molecule has 0 amide bonds. The van der Waals surface area contributed by atoms with E-state index in [0.29, 0.717) is 4.47 Å². The van der Waals surface area contributed by atoms with E-state index in [9.17, 15) is 18.4 Å². The van der Waals surface area contributed by atoms with Crippen LogP contribution in [0.5, 0.6) is 5.75 Å². The molecule has 0 spiro atoms. The summed E-state index contributed by atoms with van der Waals surface area (Å²) in [4.78, 5) is 23.8. The van der Waals surface area contributed by atoms with Gasteiger partial charge in [-0.15, -0.1) is 0 Å². The van der Waals surface area contributed by atoms with Gasteiger partial charge in [-0.2, -0.15) is 0 Å². The summed E-state index contributed by atoms with van der Waals surface area (Å²) in [6, 6.07) is 7.17. The van der Waals surface area contributed by atoms with Crippen LogP contribution in [0.3, 0.4) is 0 Å². The van der Waals surface area contributed by atoms with E-state index in [2.05, 4.69) is 15.9 Å². The molecule has 0 aromatic heterocycles. The predicted octanol–water partition coefficient (Wildman–Crippen LogP) is 3.78. The first-order valence-electron chi connectivity index (χ1n) is 6.41. The predicted molar refractivity (Wildman–Crippen MR) is 81.7 cm³/mol. The summed E-state index contributed by atoms with van der Waals surface area (Å²) < 4.78 is 36.6. The van der Waals surface area contributed by atoms with E-state index in [-0.39, 0.29) is 16.9 Å². The molecule has 0 saturated heterocycles. The minimum absolute atomic E-state index is 0.00207. The Morgan fingerprint density at radius 2 is 1.87 bits per heavy atom. The number of rotatable bonds is 5. The van der Waals surface area contributed by atoms with Gasteiger partial charge >= 0.3 is 5.97 Å². The second-order valence-electron chi connectivity index (χ2n) is 4.47. The van der Waals surface area contributed by atoms with Crippen LogP contribution in [0.4, 0.5) is 8.78 Å². The second kappa shape index (κ2) is 7.32. The number of esters is 1. The van der Waals surface area contributed by atoms with E-state index >= 15 is 0 Å². The second-order valence-corrected chi connectivity index (χ2v) is 5.33. The molecule has 4 nitrogen and oxygen atoms in total. The zero-order valence-corrected chi connectivity index (χ0v) is 13.5. The molecule has 0 aliphatic heterocycles. The molecule has 2 aromatic carbocycles. The van der Waals surface area contributed by atoms with Gasteiger partial charge < -0.3 is 9.47 Å². The standard InChI is InChI=1S/C16H11BrF2O4/c1-22-15-5-2-9(6-13(15)19)14(20)8-23-16(21)11-7-10(18)3-4-12(11)17/h2-7H,8H2,1H3. The monoisotopic (exact) mass is 384 g/mol. The summed E-state index contributed by atoms with van der Waals surface area (Å²) in [6.45, 7) is -0.590. The van der Waals surface area contributed by atoms with Crippen LogP contribution >= 0.6 is 15.9 Å². The molecule has 120 valence electrons. The van der Waals surface area contributed by atoms with E-state index < -0.39 is 30.0 Å². The van der Waals surface area contributed by atoms with E-state index in [4.69, 9.17) is 9.47 Å². The molecule has 0 fully saturated rings. The summed E-state index contributed by atoms with van der Waals surface area (Å²) in [5, 5.41) is 0. The quantitative estimate of drug-likeness (QED) is 0.581. The minimum Gasteiger partial charge on any atom is -0.494 e. The molecular formula is C16H11BrF2O4. The van der Waals surface area contributed by atoms with Gasteiger partial charge in [-0.25, -0.2) is 13.6 Å². The normalized spacial score (nSPS) is 10.3. The van der Waals surface area contributed by atoms with Crippen molar-refractivity contribution in [2.75, 3.05) is 13.7 Å². The number of methoxy groups -OCH3 is 1. The Kier molecular flexibility index (Phi) is 5.44. The molecule has 0 aliphatic rings. The number of hydrogen-bond acceptors (Lipinski definition) is 4. The molecule has 2 rings (SSSR count). The Bertz CT molecular complexity index is 762. The number of benzene rings is 2. The van der Waals surface area contributed by atoms with Gasteiger partial charge in [0.15, 0.2) is 24.0 Å². The molecule has 0 N–H and O–H groups in total. The third-order valence-corrected chi connectivity index (χ3v) is 3.65. The van der Waals surface area contributed by atoms with E-state index in [0.717, 1.165) is 12.1 Å². The molecular weight excluding hydrogens is 374 g/mol. The summed E-state index contributed by atoms with van der Waals surface area (Å²) in [5.74, 6) is -2.75. The Morgan fingerprint density at radius 3 is 2.52 bits per heavy atom. The van der Waals surface area contributed by atoms with Crippen molar-refractivity contribution in [3.63, 3.8) is 0 Å². The average Bonchev–Trinajstić information content (AvgIpc) is 2.54. The molecule has 23 heavy (non-hydrogen) atoms. The van der Waals surface area contributed by atoms with Gasteiger partial charge in [0.05, 0.1) is 12.7 Å². The summed E-state index contributed by atoms with van der Waals surface area (Å²) in [5.41, 5.74) is -0.00637. The summed E-state index contributed by atoms with van der Waals surface area (Å²) in [6.07, 6.45) is 0. The van der Waals surface area contributed by atoms with Gasteiger partial charge in [-0.1, -0.05) is 0 Å². The highest BCUT2D eigenvalue weighted by Crippen LogP contribution is 2.20. The topological polar surface area (TPSA) is 52.6 Å². The number of ketones is 1.